The van der Waals surface area contributed by atoms with Crippen molar-refractivity contribution in [3.8, 4) is 0 Å². The lowest BCUT2D eigenvalue weighted by molar-refractivity contribution is 0.168. The van der Waals surface area contributed by atoms with Crippen molar-refractivity contribution in [3.05, 3.63) is 18.5 Å². The fourth-order valence-electron chi connectivity index (χ4n) is 3.65. The summed E-state index contributed by atoms with van der Waals surface area (Å²) in [5.74, 6) is 0. The molecule has 1 aromatic heterocycles. The molecule has 3 rings (SSSR count). The molecule has 0 aromatic carbocycles. The van der Waals surface area contributed by atoms with Gasteiger partial charge in [-0.15, -0.1) is 24.8 Å². The Morgan fingerprint density at radius 1 is 1.24 bits per heavy atom. The number of aromatic nitrogens is 2. The molecule has 6 heteroatoms. The van der Waals surface area contributed by atoms with Crippen LogP contribution in [0.25, 0.3) is 0 Å². The van der Waals surface area contributed by atoms with Crippen molar-refractivity contribution in [2.75, 3.05) is 26.2 Å². The number of piperidine rings is 1. The summed E-state index contributed by atoms with van der Waals surface area (Å²) in [6.07, 6.45) is 9.27. The fraction of sp³-hybridized carbons (Fsp3) is 0.800. The average Bonchev–Trinajstić information content (AvgIpc) is 3.07. The summed E-state index contributed by atoms with van der Waals surface area (Å²) >= 11 is 0. The number of nitrogens with zero attached hydrogens (tertiary/aromatic N) is 3. The van der Waals surface area contributed by atoms with Crippen LogP contribution in [0.15, 0.2) is 18.5 Å². The van der Waals surface area contributed by atoms with E-state index in [-0.39, 0.29) is 24.8 Å². The minimum absolute atomic E-state index is 0. The summed E-state index contributed by atoms with van der Waals surface area (Å²) in [6, 6.07) is 2.68. The topological polar surface area (TPSA) is 33.1 Å². The van der Waals surface area contributed by atoms with Crippen molar-refractivity contribution in [2.24, 2.45) is 5.41 Å². The molecule has 1 atom stereocenters. The number of halogens is 2. The third-order valence-corrected chi connectivity index (χ3v) is 5.09. The first-order chi connectivity index (χ1) is 9.27. The Morgan fingerprint density at radius 3 is 2.67 bits per heavy atom. The standard InChI is InChI=1S/C15H26N4.2ClH/c1-14(3-11-19-10-2-7-17-19)18-12-6-15(13-18)4-8-16-9-5-15;;/h2,7,10,14,16H,3-6,8-9,11-13H2,1H3;2*1H. The molecule has 3 heterocycles. The highest BCUT2D eigenvalue weighted by Gasteiger charge is 2.39. The lowest BCUT2D eigenvalue weighted by Crippen LogP contribution is -2.40. The first-order valence-electron chi connectivity index (χ1n) is 7.70. The van der Waals surface area contributed by atoms with E-state index in [0.29, 0.717) is 11.5 Å². The molecule has 2 aliphatic rings. The smallest absolute Gasteiger partial charge is 0.0489 e. The van der Waals surface area contributed by atoms with Gasteiger partial charge in [-0.2, -0.15) is 5.10 Å². The molecule has 4 nitrogen and oxygen atoms in total. The molecule has 2 aliphatic heterocycles. The molecule has 0 aliphatic carbocycles. The van der Waals surface area contributed by atoms with Crippen molar-refractivity contribution >= 4 is 24.8 Å². The van der Waals surface area contributed by atoms with Crippen LogP contribution in [0.3, 0.4) is 0 Å². The Bertz CT molecular complexity index is 390. The second-order valence-electron chi connectivity index (χ2n) is 6.38. The number of hydrogen-bond donors (Lipinski definition) is 1. The van der Waals surface area contributed by atoms with Crippen molar-refractivity contribution < 1.29 is 0 Å². The largest absolute Gasteiger partial charge is 0.317 e. The van der Waals surface area contributed by atoms with Gasteiger partial charge in [0, 0.05) is 31.5 Å². The van der Waals surface area contributed by atoms with Gasteiger partial charge in [-0.05, 0) is 63.7 Å². The van der Waals surface area contributed by atoms with E-state index in [4.69, 9.17) is 0 Å². The molecule has 21 heavy (non-hydrogen) atoms. The van der Waals surface area contributed by atoms with E-state index in [0.717, 1.165) is 6.54 Å². The third-order valence-electron chi connectivity index (χ3n) is 5.09. The van der Waals surface area contributed by atoms with Gasteiger partial charge >= 0.3 is 0 Å². The number of hydrogen-bond acceptors (Lipinski definition) is 3. The van der Waals surface area contributed by atoms with E-state index in [2.05, 4.69) is 28.4 Å². The summed E-state index contributed by atoms with van der Waals surface area (Å²) in [4.78, 5) is 2.70. The van der Waals surface area contributed by atoms with Gasteiger partial charge in [-0.25, -0.2) is 0 Å². The minimum atomic E-state index is 0. The van der Waals surface area contributed by atoms with E-state index in [1.165, 1.54) is 51.9 Å². The summed E-state index contributed by atoms with van der Waals surface area (Å²) in [5.41, 5.74) is 0.630. The number of rotatable bonds is 4. The highest BCUT2D eigenvalue weighted by Crippen LogP contribution is 2.39. The van der Waals surface area contributed by atoms with Gasteiger partial charge in [-0.3, -0.25) is 4.68 Å². The summed E-state index contributed by atoms with van der Waals surface area (Å²) in [6.45, 7) is 8.46. The van der Waals surface area contributed by atoms with Crippen LogP contribution in [0.5, 0.6) is 0 Å². The zero-order valence-corrected chi connectivity index (χ0v) is 14.5. The molecule has 0 amide bonds. The predicted octanol–water partition coefficient (Wildman–Crippen LogP) is 2.58. The van der Waals surface area contributed by atoms with Gasteiger partial charge in [0.1, 0.15) is 0 Å². The summed E-state index contributed by atoms with van der Waals surface area (Å²) in [7, 11) is 0. The predicted molar refractivity (Wildman–Crippen MR) is 91.5 cm³/mol. The molecular formula is C15H28Cl2N4. The van der Waals surface area contributed by atoms with E-state index in [1.807, 2.05) is 16.9 Å². The van der Waals surface area contributed by atoms with E-state index < -0.39 is 0 Å². The van der Waals surface area contributed by atoms with Gasteiger partial charge in [0.25, 0.3) is 0 Å². The van der Waals surface area contributed by atoms with E-state index in [1.54, 1.807) is 0 Å². The molecule has 1 N–H and O–H groups in total. The SMILES string of the molecule is CC(CCn1cccn1)N1CCC2(CCNCC2)C1.Cl.Cl. The highest BCUT2D eigenvalue weighted by molar-refractivity contribution is 5.85. The fourth-order valence-corrected chi connectivity index (χ4v) is 3.65. The van der Waals surface area contributed by atoms with Crippen LogP contribution in [0, 0.1) is 5.41 Å². The van der Waals surface area contributed by atoms with Gasteiger partial charge in [-0.1, -0.05) is 0 Å². The Balaban J connectivity index is 0.00000110. The summed E-state index contributed by atoms with van der Waals surface area (Å²) < 4.78 is 2.05. The quantitative estimate of drug-likeness (QED) is 0.918. The number of aryl methyl sites for hydroxylation is 1. The molecule has 1 aromatic rings. The van der Waals surface area contributed by atoms with Gasteiger partial charge < -0.3 is 10.2 Å². The number of likely N-dealkylation sites (tertiary alicyclic amines) is 1. The minimum Gasteiger partial charge on any atom is -0.317 e. The molecular weight excluding hydrogens is 307 g/mol. The van der Waals surface area contributed by atoms with Crippen molar-refractivity contribution in [1.82, 2.24) is 20.0 Å². The van der Waals surface area contributed by atoms with Gasteiger partial charge in [0.05, 0.1) is 0 Å². The first-order valence-corrected chi connectivity index (χ1v) is 7.70. The lowest BCUT2D eigenvalue weighted by atomic mass is 9.78. The highest BCUT2D eigenvalue weighted by atomic mass is 35.5. The van der Waals surface area contributed by atoms with Crippen LogP contribution < -0.4 is 5.32 Å². The molecule has 0 radical (unpaired) electrons. The van der Waals surface area contributed by atoms with Crippen LogP contribution in [0.4, 0.5) is 0 Å². The van der Waals surface area contributed by atoms with E-state index in [9.17, 15) is 0 Å². The average molecular weight is 335 g/mol. The normalized spacial score (nSPS) is 22.5. The third kappa shape index (κ3) is 4.59. The Kier molecular flexibility index (Phi) is 7.48. The molecule has 2 fully saturated rings. The van der Waals surface area contributed by atoms with Crippen molar-refractivity contribution in [2.45, 2.75) is 45.2 Å². The van der Waals surface area contributed by atoms with Gasteiger partial charge in [0.2, 0.25) is 0 Å². The zero-order valence-electron chi connectivity index (χ0n) is 12.8. The van der Waals surface area contributed by atoms with Crippen molar-refractivity contribution in [1.29, 1.82) is 0 Å². The number of nitrogens with one attached hydrogen (secondary N) is 1. The maximum Gasteiger partial charge on any atom is 0.0489 e. The van der Waals surface area contributed by atoms with Crippen LogP contribution in [-0.4, -0.2) is 46.9 Å². The van der Waals surface area contributed by atoms with E-state index >= 15 is 0 Å². The Morgan fingerprint density at radius 2 is 2.00 bits per heavy atom. The van der Waals surface area contributed by atoms with Crippen molar-refractivity contribution in [3.63, 3.8) is 0 Å². The maximum absolute atomic E-state index is 4.29. The Hall–Kier alpha value is -0.290. The molecule has 1 unspecified atom stereocenters. The monoisotopic (exact) mass is 334 g/mol. The first kappa shape index (κ1) is 18.8. The maximum atomic E-state index is 4.29. The van der Waals surface area contributed by atoms with Crippen LogP contribution in [-0.2, 0) is 6.54 Å². The molecule has 0 saturated carbocycles. The zero-order chi connectivity index (χ0) is 13.1. The Labute approximate surface area is 140 Å². The molecule has 2 saturated heterocycles. The molecule has 1 spiro atoms. The van der Waals surface area contributed by atoms with Gasteiger partial charge in [0.15, 0.2) is 0 Å². The van der Waals surface area contributed by atoms with Crippen LogP contribution in [0.1, 0.15) is 32.6 Å². The van der Waals surface area contributed by atoms with Crippen LogP contribution >= 0.6 is 24.8 Å². The second kappa shape index (κ2) is 8.37. The second-order valence-corrected chi connectivity index (χ2v) is 6.38. The van der Waals surface area contributed by atoms with Crippen LogP contribution in [0.2, 0.25) is 0 Å². The lowest BCUT2D eigenvalue weighted by Gasteiger charge is -2.35. The summed E-state index contributed by atoms with van der Waals surface area (Å²) in [5, 5.41) is 7.78. The molecule has 122 valence electrons. The molecule has 0 bridgehead atoms.